The number of pyridine rings is 1. The number of esters is 1. The molecule has 0 saturated heterocycles. The Balaban J connectivity index is 0.00000158. The second-order valence-electron chi connectivity index (χ2n) is 7.34. The zero-order valence-electron chi connectivity index (χ0n) is 19.7. The molecule has 4 rings (SSSR count). The number of carbonyl (C=O) groups excluding carboxylic acids is 1. The molecule has 0 atom stereocenters. The molecule has 174 valence electrons. The van der Waals surface area contributed by atoms with Crippen LogP contribution in [0.4, 0.5) is 15.8 Å². The Morgan fingerprint density at radius 1 is 1.21 bits per heavy atom. The number of carbonyl (C=O) groups is 1. The number of nitrogens with zero attached hydrogens (tertiary/aromatic N) is 3. The van der Waals surface area contributed by atoms with E-state index >= 15 is 0 Å². The Bertz CT molecular complexity index is 1350. The third kappa shape index (κ3) is 5.07. The third-order valence-corrected chi connectivity index (χ3v) is 5.11. The summed E-state index contributed by atoms with van der Waals surface area (Å²) < 4.78 is 21.8. The molecule has 2 aromatic carbocycles. The van der Waals surface area contributed by atoms with Crippen LogP contribution in [0.5, 0.6) is 0 Å². The molecule has 0 fully saturated rings. The number of fused-ring (bicyclic) bond motifs is 1. The van der Waals surface area contributed by atoms with Crippen LogP contribution in [0.25, 0.3) is 10.9 Å². The highest BCUT2D eigenvalue weighted by Crippen LogP contribution is 2.35. The summed E-state index contributed by atoms with van der Waals surface area (Å²) in [5, 5.41) is 13.0. The molecule has 4 aromatic rings. The molecule has 1 N–H and O–H groups in total. The minimum Gasteiger partial charge on any atom is -0.461 e. The van der Waals surface area contributed by atoms with Gasteiger partial charge in [0.05, 0.1) is 35.1 Å². The van der Waals surface area contributed by atoms with Crippen LogP contribution < -0.4 is 5.32 Å². The number of ether oxygens (including phenoxy) is 1. The van der Waals surface area contributed by atoms with Crippen LogP contribution in [-0.2, 0) is 11.3 Å². The molecule has 0 aliphatic rings. The van der Waals surface area contributed by atoms with Crippen LogP contribution in [-0.4, -0.2) is 22.1 Å². The van der Waals surface area contributed by atoms with Gasteiger partial charge in [0.25, 0.3) is 0 Å². The summed E-state index contributed by atoms with van der Waals surface area (Å²) in [6, 6.07) is 16.0. The molecule has 0 bridgehead atoms. The molecule has 34 heavy (non-hydrogen) atoms. The van der Waals surface area contributed by atoms with E-state index in [0.29, 0.717) is 23.2 Å². The number of aryl methyl sites for hydroxylation is 1. The average Bonchev–Trinajstić information content (AvgIpc) is 3.15. The Kier molecular flexibility index (Phi) is 7.99. The predicted molar refractivity (Wildman–Crippen MR) is 132 cm³/mol. The minimum absolute atomic E-state index is 0.195. The van der Waals surface area contributed by atoms with Crippen molar-refractivity contribution in [1.82, 2.24) is 9.55 Å². The van der Waals surface area contributed by atoms with Gasteiger partial charge >= 0.3 is 5.97 Å². The first-order chi connectivity index (χ1) is 16.5. The molecule has 2 aromatic heterocycles. The minimum atomic E-state index is -0.532. The van der Waals surface area contributed by atoms with Crippen LogP contribution in [0.15, 0.2) is 60.9 Å². The SMILES string of the molecule is CC.CCOC(=O)c1c(Nc2ccc(C)cc2F)c2cnccc2n1Cc1cccc(C#N)c1. The first kappa shape index (κ1) is 24.5. The number of aromatic nitrogens is 2. The van der Waals surface area contributed by atoms with E-state index in [2.05, 4.69) is 16.4 Å². The number of nitriles is 1. The number of rotatable bonds is 6. The molecule has 0 spiro atoms. The second kappa shape index (κ2) is 11.1. The highest BCUT2D eigenvalue weighted by molar-refractivity contribution is 6.07. The molecule has 6 nitrogen and oxygen atoms in total. The summed E-state index contributed by atoms with van der Waals surface area (Å²) in [6.07, 6.45) is 3.27. The summed E-state index contributed by atoms with van der Waals surface area (Å²) in [4.78, 5) is 17.3. The van der Waals surface area contributed by atoms with Crippen LogP contribution in [0.1, 0.15) is 48.0 Å². The van der Waals surface area contributed by atoms with Gasteiger partial charge in [-0.3, -0.25) is 4.98 Å². The number of hydrogen-bond donors (Lipinski definition) is 1. The Hall–Kier alpha value is -4.18. The maximum absolute atomic E-state index is 14.6. The largest absolute Gasteiger partial charge is 0.461 e. The first-order valence-electron chi connectivity index (χ1n) is 11.2. The van der Waals surface area contributed by atoms with Crippen molar-refractivity contribution < 1.29 is 13.9 Å². The molecular weight excluding hydrogens is 431 g/mol. The van der Waals surface area contributed by atoms with E-state index < -0.39 is 11.8 Å². The van der Waals surface area contributed by atoms with Gasteiger partial charge in [0.1, 0.15) is 5.82 Å². The zero-order valence-corrected chi connectivity index (χ0v) is 19.7. The summed E-state index contributed by atoms with van der Waals surface area (Å²) >= 11 is 0. The third-order valence-electron chi connectivity index (χ3n) is 5.11. The van der Waals surface area contributed by atoms with Crippen molar-refractivity contribution in [2.75, 3.05) is 11.9 Å². The lowest BCUT2D eigenvalue weighted by Gasteiger charge is -2.13. The highest BCUT2D eigenvalue weighted by Gasteiger charge is 2.25. The van der Waals surface area contributed by atoms with Gasteiger partial charge in [-0.2, -0.15) is 5.26 Å². The van der Waals surface area contributed by atoms with Gasteiger partial charge in [-0.15, -0.1) is 0 Å². The van der Waals surface area contributed by atoms with E-state index in [-0.39, 0.29) is 18.0 Å². The van der Waals surface area contributed by atoms with Gasteiger partial charge < -0.3 is 14.6 Å². The molecule has 0 radical (unpaired) electrons. The lowest BCUT2D eigenvalue weighted by Crippen LogP contribution is -2.15. The molecule has 0 unspecified atom stereocenters. The van der Waals surface area contributed by atoms with E-state index in [1.165, 1.54) is 6.07 Å². The highest BCUT2D eigenvalue weighted by atomic mass is 19.1. The van der Waals surface area contributed by atoms with E-state index in [1.54, 1.807) is 60.3 Å². The molecule has 0 aliphatic carbocycles. The van der Waals surface area contributed by atoms with Crippen molar-refractivity contribution in [3.8, 4) is 6.07 Å². The quantitative estimate of drug-likeness (QED) is 0.341. The van der Waals surface area contributed by atoms with E-state index in [1.807, 2.05) is 26.8 Å². The standard InChI is InChI=1S/C25H21FN4O2.C2H6/c1-3-32-25(31)24-23(29-21-8-7-16(2)11-20(21)26)19-14-28-10-9-22(19)30(24)15-18-6-4-5-17(12-18)13-27;1-2/h4-12,14,29H,3,15H2,1-2H3;1-2H3. The maximum Gasteiger partial charge on any atom is 0.357 e. The summed E-state index contributed by atoms with van der Waals surface area (Å²) in [6.45, 7) is 8.06. The average molecular weight is 459 g/mol. The number of nitrogens with one attached hydrogen (secondary N) is 1. The van der Waals surface area contributed by atoms with Crippen molar-refractivity contribution in [2.24, 2.45) is 0 Å². The van der Waals surface area contributed by atoms with Crippen LogP contribution in [0.2, 0.25) is 0 Å². The fourth-order valence-electron chi connectivity index (χ4n) is 3.68. The molecule has 2 heterocycles. The number of hydrogen-bond acceptors (Lipinski definition) is 5. The van der Waals surface area contributed by atoms with E-state index in [0.717, 1.165) is 16.6 Å². The number of halogens is 1. The summed E-state index contributed by atoms with van der Waals surface area (Å²) in [5.74, 6) is -0.957. The zero-order chi connectivity index (χ0) is 24.7. The topological polar surface area (TPSA) is 79.9 Å². The van der Waals surface area contributed by atoms with Crippen LogP contribution >= 0.6 is 0 Å². The first-order valence-corrected chi connectivity index (χ1v) is 11.2. The van der Waals surface area contributed by atoms with Gasteiger partial charge in [-0.25, -0.2) is 9.18 Å². The van der Waals surface area contributed by atoms with Crippen molar-refractivity contribution in [3.05, 3.63) is 89.1 Å². The van der Waals surface area contributed by atoms with E-state index in [4.69, 9.17) is 4.74 Å². The Morgan fingerprint density at radius 2 is 2.00 bits per heavy atom. The van der Waals surface area contributed by atoms with Crippen molar-refractivity contribution in [2.45, 2.75) is 34.2 Å². The monoisotopic (exact) mass is 458 g/mol. The van der Waals surface area contributed by atoms with Crippen LogP contribution in [0.3, 0.4) is 0 Å². The molecule has 0 saturated carbocycles. The smallest absolute Gasteiger partial charge is 0.357 e. The summed E-state index contributed by atoms with van der Waals surface area (Å²) in [5.41, 5.74) is 3.83. The maximum atomic E-state index is 14.6. The normalized spacial score (nSPS) is 10.2. The lowest BCUT2D eigenvalue weighted by molar-refractivity contribution is 0.0516. The van der Waals surface area contributed by atoms with Gasteiger partial charge in [0, 0.05) is 24.3 Å². The van der Waals surface area contributed by atoms with Gasteiger partial charge in [0.15, 0.2) is 5.69 Å². The predicted octanol–water partition coefficient (Wildman–Crippen LogP) is 6.35. The molecule has 0 aliphatic heterocycles. The molecular formula is C27H27FN4O2. The fourth-order valence-corrected chi connectivity index (χ4v) is 3.68. The number of benzene rings is 2. The second-order valence-corrected chi connectivity index (χ2v) is 7.34. The molecule has 7 heteroatoms. The number of anilines is 2. The van der Waals surface area contributed by atoms with Crippen molar-refractivity contribution >= 4 is 28.2 Å². The van der Waals surface area contributed by atoms with Crippen molar-refractivity contribution in [1.29, 1.82) is 5.26 Å². The molecule has 0 amide bonds. The van der Waals surface area contributed by atoms with Crippen molar-refractivity contribution in [3.63, 3.8) is 0 Å². The van der Waals surface area contributed by atoms with Gasteiger partial charge in [-0.1, -0.05) is 32.0 Å². The van der Waals surface area contributed by atoms with Gasteiger partial charge in [0.2, 0.25) is 0 Å². The lowest BCUT2D eigenvalue weighted by atomic mass is 10.1. The van der Waals surface area contributed by atoms with Gasteiger partial charge in [-0.05, 0) is 55.3 Å². The van der Waals surface area contributed by atoms with E-state index in [9.17, 15) is 14.4 Å². The Morgan fingerprint density at radius 3 is 2.71 bits per heavy atom. The fraction of sp³-hybridized carbons (Fsp3) is 0.222. The Labute approximate surface area is 198 Å². The summed E-state index contributed by atoms with van der Waals surface area (Å²) in [7, 11) is 0. The van der Waals surface area contributed by atoms with Crippen LogP contribution in [0, 0.1) is 24.1 Å².